The van der Waals surface area contributed by atoms with Crippen molar-refractivity contribution in [1.29, 1.82) is 0 Å². The number of hydrogen-bond acceptors (Lipinski definition) is 5. The normalized spacial score (nSPS) is 14.7. The Bertz CT molecular complexity index is 523. The number of rotatable bonds is 5. The van der Waals surface area contributed by atoms with E-state index in [0.29, 0.717) is 5.75 Å². The molecule has 114 valence electrons. The average Bonchev–Trinajstić information content (AvgIpc) is 2.97. The van der Waals surface area contributed by atoms with Crippen molar-refractivity contribution in [1.82, 2.24) is 5.32 Å². The molecule has 0 radical (unpaired) electrons. The molecule has 6 nitrogen and oxygen atoms in total. The molecular weight excluding hydrogens is 274 g/mol. The number of hydrogen-bond donors (Lipinski definition) is 2. The fourth-order valence-electron chi connectivity index (χ4n) is 2.36. The van der Waals surface area contributed by atoms with Crippen molar-refractivity contribution in [3.8, 4) is 11.5 Å². The standard InChI is InChI=1S/C15H19NO5/c1-20-11-6-7-12(13(17)8-11)15(19)21-9-14(18)16-10-4-2-3-5-10/h6-8,10,17H,2-5,9H2,1H3,(H,16,18). The second kappa shape index (κ2) is 6.97. The number of aromatic hydroxyl groups is 1. The Hall–Kier alpha value is -2.24. The minimum atomic E-state index is -0.739. The lowest BCUT2D eigenvalue weighted by molar-refractivity contribution is -0.124. The molecule has 1 aliphatic rings. The average molecular weight is 293 g/mol. The number of carbonyl (C=O) groups is 2. The summed E-state index contributed by atoms with van der Waals surface area (Å²) in [5.74, 6) is -0.862. The predicted octanol–water partition coefficient (Wildman–Crippen LogP) is 1.62. The van der Waals surface area contributed by atoms with Crippen LogP contribution in [0.2, 0.25) is 0 Å². The highest BCUT2D eigenvalue weighted by Gasteiger charge is 2.19. The van der Waals surface area contributed by atoms with E-state index in [-0.39, 0.29) is 29.9 Å². The van der Waals surface area contributed by atoms with Crippen LogP contribution in [-0.2, 0) is 9.53 Å². The van der Waals surface area contributed by atoms with E-state index in [1.807, 2.05) is 0 Å². The molecule has 1 aromatic carbocycles. The van der Waals surface area contributed by atoms with Crippen molar-refractivity contribution in [2.75, 3.05) is 13.7 Å². The molecule has 0 atom stereocenters. The van der Waals surface area contributed by atoms with Crippen molar-refractivity contribution in [2.45, 2.75) is 31.7 Å². The van der Waals surface area contributed by atoms with Crippen LogP contribution in [0.25, 0.3) is 0 Å². The highest BCUT2D eigenvalue weighted by molar-refractivity contribution is 5.94. The SMILES string of the molecule is COc1ccc(C(=O)OCC(=O)NC2CCCC2)c(O)c1. The molecule has 0 aromatic heterocycles. The molecule has 2 rings (SSSR count). The minimum absolute atomic E-state index is 0.00414. The lowest BCUT2D eigenvalue weighted by Gasteiger charge is -2.12. The molecule has 21 heavy (non-hydrogen) atoms. The zero-order valence-corrected chi connectivity index (χ0v) is 11.9. The first-order valence-electron chi connectivity index (χ1n) is 6.93. The molecule has 1 fully saturated rings. The van der Waals surface area contributed by atoms with E-state index in [1.165, 1.54) is 25.3 Å². The topological polar surface area (TPSA) is 84.9 Å². The molecule has 2 N–H and O–H groups in total. The summed E-state index contributed by atoms with van der Waals surface area (Å²) in [6.07, 6.45) is 4.17. The lowest BCUT2D eigenvalue weighted by Crippen LogP contribution is -2.35. The Morgan fingerprint density at radius 3 is 2.67 bits per heavy atom. The maximum absolute atomic E-state index is 11.8. The van der Waals surface area contributed by atoms with Gasteiger partial charge in [-0.2, -0.15) is 0 Å². The van der Waals surface area contributed by atoms with Gasteiger partial charge >= 0.3 is 5.97 Å². The molecule has 0 bridgehead atoms. The summed E-state index contributed by atoms with van der Waals surface area (Å²) in [5, 5.41) is 12.5. The number of phenolic OH excluding ortho intramolecular Hbond substituents is 1. The Labute approximate surface area is 123 Å². The van der Waals surface area contributed by atoms with Crippen LogP contribution in [0.15, 0.2) is 18.2 Å². The summed E-state index contributed by atoms with van der Waals surface area (Å²) in [7, 11) is 1.46. The van der Waals surface area contributed by atoms with Gasteiger partial charge < -0.3 is 19.9 Å². The molecule has 0 saturated heterocycles. The van der Waals surface area contributed by atoms with Crippen molar-refractivity contribution in [2.24, 2.45) is 0 Å². The van der Waals surface area contributed by atoms with Gasteiger partial charge in [-0.25, -0.2) is 4.79 Å². The second-order valence-corrected chi connectivity index (χ2v) is 5.01. The van der Waals surface area contributed by atoms with Crippen LogP contribution in [0, 0.1) is 0 Å². The summed E-state index contributed by atoms with van der Waals surface area (Å²) in [4.78, 5) is 23.5. The largest absolute Gasteiger partial charge is 0.507 e. The first-order chi connectivity index (χ1) is 10.1. The predicted molar refractivity (Wildman–Crippen MR) is 75.3 cm³/mol. The number of ether oxygens (including phenoxy) is 2. The Balaban J connectivity index is 1.85. The van der Waals surface area contributed by atoms with Gasteiger partial charge in [-0.05, 0) is 25.0 Å². The molecule has 1 aliphatic carbocycles. The highest BCUT2D eigenvalue weighted by Crippen LogP contribution is 2.24. The van der Waals surface area contributed by atoms with E-state index in [4.69, 9.17) is 9.47 Å². The maximum atomic E-state index is 11.8. The fourth-order valence-corrected chi connectivity index (χ4v) is 2.36. The van der Waals surface area contributed by atoms with Crippen molar-refractivity contribution in [3.05, 3.63) is 23.8 Å². The van der Waals surface area contributed by atoms with E-state index < -0.39 is 5.97 Å². The number of esters is 1. The van der Waals surface area contributed by atoms with Crippen molar-refractivity contribution >= 4 is 11.9 Å². The number of carbonyl (C=O) groups excluding carboxylic acids is 2. The summed E-state index contributed by atoms with van der Waals surface area (Å²) >= 11 is 0. The minimum Gasteiger partial charge on any atom is -0.507 e. The third kappa shape index (κ3) is 4.11. The van der Waals surface area contributed by atoms with E-state index in [1.54, 1.807) is 0 Å². The first-order valence-corrected chi connectivity index (χ1v) is 6.93. The van der Waals surface area contributed by atoms with E-state index in [9.17, 15) is 14.7 Å². The molecule has 6 heteroatoms. The van der Waals surface area contributed by atoms with Gasteiger partial charge in [0.1, 0.15) is 17.1 Å². The quantitative estimate of drug-likeness (QED) is 0.806. The highest BCUT2D eigenvalue weighted by atomic mass is 16.5. The van der Waals surface area contributed by atoms with Crippen LogP contribution in [0.1, 0.15) is 36.0 Å². The molecule has 0 aliphatic heterocycles. The number of amides is 1. The fraction of sp³-hybridized carbons (Fsp3) is 0.467. The van der Waals surface area contributed by atoms with Crippen LogP contribution < -0.4 is 10.1 Å². The molecular formula is C15H19NO5. The number of methoxy groups -OCH3 is 1. The summed E-state index contributed by atoms with van der Waals surface area (Å²) in [6, 6.07) is 4.43. The van der Waals surface area contributed by atoms with E-state index >= 15 is 0 Å². The van der Waals surface area contributed by atoms with Crippen LogP contribution in [-0.4, -0.2) is 36.7 Å². The smallest absolute Gasteiger partial charge is 0.342 e. The molecule has 1 aromatic rings. The van der Waals surface area contributed by atoms with Crippen LogP contribution in [0.3, 0.4) is 0 Å². The summed E-state index contributed by atoms with van der Waals surface area (Å²) < 4.78 is 9.83. The third-order valence-electron chi connectivity index (χ3n) is 3.48. The number of benzene rings is 1. The molecule has 1 saturated carbocycles. The van der Waals surface area contributed by atoms with Crippen molar-refractivity contribution < 1.29 is 24.2 Å². The van der Waals surface area contributed by atoms with Crippen LogP contribution in [0.5, 0.6) is 11.5 Å². The van der Waals surface area contributed by atoms with Crippen LogP contribution >= 0.6 is 0 Å². The molecule has 1 amide bonds. The molecule has 0 heterocycles. The van der Waals surface area contributed by atoms with E-state index in [2.05, 4.69) is 5.32 Å². The Morgan fingerprint density at radius 1 is 1.33 bits per heavy atom. The van der Waals surface area contributed by atoms with Gasteiger partial charge in [0.25, 0.3) is 5.91 Å². The van der Waals surface area contributed by atoms with Gasteiger partial charge in [-0.1, -0.05) is 12.8 Å². The van der Waals surface area contributed by atoms with Crippen LogP contribution in [0.4, 0.5) is 0 Å². The third-order valence-corrected chi connectivity index (χ3v) is 3.48. The van der Waals surface area contributed by atoms with Gasteiger partial charge in [-0.3, -0.25) is 4.79 Å². The van der Waals surface area contributed by atoms with Gasteiger partial charge in [0.05, 0.1) is 7.11 Å². The maximum Gasteiger partial charge on any atom is 0.342 e. The number of phenols is 1. The zero-order valence-electron chi connectivity index (χ0n) is 11.9. The second-order valence-electron chi connectivity index (χ2n) is 5.01. The monoisotopic (exact) mass is 293 g/mol. The molecule has 0 spiro atoms. The van der Waals surface area contributed by atoms with Gasteiger partial charge in [0.2, 0.25) is 0 Å². The summed E-state index contributed by atoms with van der Waals surface area (Å²) in [5.41, 5.74) is 0.00414. The number of nitrogens with one attached hydrogen (secondary N) is 1. The van der Waals surface area contributed by atoms with E-state index in [0.717, 1.165) is 25.7 Å². The zero-order chi connectivity index (χ0) is 15.2. The Morgan fingerprint density at radius 2 is 2.05 bits per heavy atom. The molecule has 0 unspecified atom stereocenters. The lowest BCUT2D eigenvalue weighted by atomic mass is 10.2. The van der Waals surface area contributed by atoms with Gasteiger partial charge in [0.15, 0.2) is 6.61 Å². The first kappa shape index (κ1) is 15.2. The summed E-state index contributed by atoms with van der Waals surface area (Å²) in [6.45, 7) is -0.346. The van der Waals surface area contributed by atoms with Gasteiger partial charge in [-0.15, -0.1) is 0 Å². The Kier molecular flexibility index (Phi) is 5.03. The van der Waals surface area contributed by atoms with Gasteiger partial charge in [0, 0.05) is 12.1 Å². The van der Waals surface area contributed by atoms with Crippen molar-refractivity contribution in [3.63, 3.8) is 0 Å².